The highest BCUT2D eigenvalue weighted by Crippen LogP contribution is 2.39. The number of nitrogens with zero attached hydrogens (tertiary/aromatic N) is 4. The average Bonchev–Trinajstić information content (AvgIpc) is 3.29. The standard InChI is InChI=1S/C23H27N5O4/c1-30-18-13-15(14-19(31-2)22(18)32-3)21(29)20-23(27-11-9-16(24)10-12-27)26-28(25-20)17-7-5-4-6-8-17/h4-8,13-14,16H,9-12,24H2,1-3H3. The van der Waals surface area contributed by atoms with Gasteiger partial charge in [0.15, 0.2) is 23.0 Å². The van der Waals surface area contributed by atoms with Crippen molar-refractivity contribution >= 4 is 11.6 Å². The molecule has 168 valence electrons. The third kappa shape index (κ3) is 4.11. The maximum Gasteiger partial charge on any atom is 0.217 e. The first-order chi connectivity index (χ1) is 15.5. The van der Waals surface area contributed by atoms with Crippen LogP contribution in [-0.4, -0.2) is 61.2 Å². The van der Waals surface area contributed by atoms with E-state index in [4.69, 9.17) is 19.9 Å². The van der Waals surface area contributed by atoms with E-state index in [1.54, 1.807) is 12.1 Å². The van der Waals surface area contributed by atoms with Crippen LogP contribution < -0.4 is 24.8 Å². The number of methoxy groups -OCH3 is 3. The van der Waals surface area contributed by atoms with Crippen LogP contribution in [0.1, 0.15) is 28.9 Å². The van der Waals surface area contributed by atoms with Gasteiger partial charge in [0.1, 0.15) is 0 Å². The molecule has 0 spiro atoms. The second kappa shape index (κ2) is 9.27. The number of benzene rings is 2. The lowest BCUT2D eigenvalue weighted by atomic mass is 10.0. The molecule has 32 heavy (non-hydrogen) atoms. The number of ketones is 1. The van der Waals surface area contributed by atoms with Gasteiger partial charge in [-0.15, -0.1) is 15.0 Å². The highest BCUT2D eigenvalue weighted by molar-refractivity contribution is 6.11. The molecule has 0 bridgehead atoms. The third-order valence-corrected chi connectivity index (χ3v) is 5.56. The fraction of sp³-hybridized carbons (Fsp3) is 0.348. The van der Waals surface area contributed by atoms with Crippen molar-refractivity contribution in [2.75, 3.05) is 39.3 Å². The molecule has 0 saturated carbocycles. The van der Waals surface area contributed by atoms with Gasteiger partial charge in [-0.1, -0.05) is 18.2 Å². The van der Waals surface area contributed by atoms with Crippen LogP contribution >= 0.6 is 0 Å². The molecule has 0 atom stereocenters. The van der Waals surface area contributed by atoms with Crippen LogP contribution in [0, 0.1) is 0 Å². The fourth-order valence-corrected chi connectivity index (χ4v) is 3.80. The summed E-state index contributed by atoms with van der Waals surface area (Å²) in [5.74, 6) is 1.48. The zero-order valence-corrected chi connectivity index (χ0v) is 18.4. The summed E-state index contributed by atoms with van der Waals surface area (Å²) in [5.41, 5.74) is 7.48. The number of aromatic nitrogens is 3. The van der Waals surface area contributed by atoms with E-state index in [0.717, 1.165) is 18.5 Å². The van der Waals surface area contributed by atoms with E-state index in [9.17, 15) is 4.79 Å². The van der Waals surface area contributed by atoms with E-state index in [2.05, 4.69) is 15.1 Å². The fourth-order valence-electron chi connectivity index (χ4n) is 3.80. The lowest BCUT2D eigenvalue weighted by Gasteiger charge is -2.30. The van der Waals surface area contributed by atoms with Crippen LogP contribution in [0.15, 0.2) is 42.5 Å². The molecular weight excluding hydrogens is 410 g/mol. The second-order valence-corrected chi connectivity index (χ2v) is 7.56. The molecule has 9 nitrogen and oxygen atoms in total. The Bertz CT molecular complexity index is 1070. The number of piperidine rings is 1. The zero-order valence-electron chi connectivity index (χ0n) is 18.4. The molecule has 4 rings (SSSR count). The molecule has 0 radical (unpaired) electrons. The monoisotopic (exact) mass is 437 g/mol. The SMILES string of the molecule is COc1cc(C(=O)c2nn(-c3ccccc3)nc2N2CCC(N)CC2)cc(OC)c1OC. The molecule has 1 aliphatic rings. The molecule has 2 aromatic carbocycles. The Hall–Kier alpha value is -3.59. The number of rotatable bonds is 7. The van der Waals surface area contributed by atoms with Gasteiger partial charge in [0.05, 0.1) is 27.0 Å². The van der Waals surface area contributed by atoms with Gasteiger partial charge in [-0.2, -0.15) is 0 Å². The van der Waals surface area contributed by atoms with E-state index in [1.165, 1.54) is 26.1 Å². The Kier molecular flexibility index (Phi) is 6.27. The topological polar surface area (TPSA) is 105 Å². The van der Waals surface area contributed by atoms with Gasteiger partial charge in [-0.3, -0.25) is 4.79 Å². The molecule has 9 heteroatoms. The Morgan fingerprint density at radius 3 is 2.16 bits per heavy atom. The van der Waals surface area contributed by atoms with Crippen LogP contribution in [0.5, 0.6) is 17.2 Å². The minimum Gasteiger partial charge on any atom is -0.493 e. The van der Waals surface area contributed by atoms with Crippen molar-refractivity contribution in [3.8, 4) is 22.9 Å². The van der Waals surface area contributed by atoms with E-state index in [-0.39, 0.29) is 17.5 Å². The molecule has 1 saturated heterocycles. The highest BCUT2D eigenvalue weighted by Gasteiger charge is 2.28. The predicted molar refractivity (Wildman–Crippen MR) is 120 cm³/mol. The lowest BCUT2D eigenvalue weighted by Crippen LogP contribution is -2.40. The van der Waals surface area contributed by atoms with E-state index < -0.39 is 0 Å². The summed E-state index contributed by atoms with van der Waals surface area (Å²) < 4.78 is 16.2. The van der Waals surface area contributed by atoms with Gasteiger partial charge in [0.25, 0.3) is 0 Å². The van der Waals surface area contributed by atoms with Gasteiger partial charge in [-0.25, -0.2) is 0 Å². The quantitative estimate of drug-likeness (QED) is 0.562. The number of nitrogens with two attached hydrogens (primary N) is 1. The van der Waals surface area contributed by atoms with Crippen molar-refractivity contribution < 1.29 is 19.0 Å². The first-order valence-electron chi connectivity index (χ1n) is 10.4. The van der Waals surface area contributed by atoms with Gasteiger partial charge in [0.2, 0.25) is 11.5 Å². The summed E-state index contributed by atoms with van der Waals surface area (Å²) in [5, 5.41) is 9.25. The van der Waals surface area contributed by atoms with Gasteiger partial charge >= 0.3 is 0 Å². The number of carbonyl (C=O) groups excluding carboxylic acids is 1. The van der Waals surface area contributed by atoms with Crippen LogP contribution in [0.2, 0.25) is 0 Å². The van der Waals surface area contributed by atoms with Crippen molar-refractivity contribution in [2.24, 2.45) is 5.73 Å². The largest absolute Gasteiger partial charge is 0.493 e. The predicted octanol–water partition coefficient (Wildman–Crippen LogP) is 2.45. The molecule has 2 heterocycles. The van der Waals surface area contributed by atoms with Crippen LogP contribution in [0.4, 0.5) is 5.82 Å². The van der Waals surface area contributed by atoms with Crippen molar-refractivity contribution in [1.82, 2.24) is 15.0 Å². The lowest BCUT2D eigenvalue weighted by molar-refractivity contribution is 0.103. The number of anilines is 1. The molecule has 0 unspecified atom stereocenters. The van der Waals surface area contributed by atoms with E-state index in [1.807, 2.05) is 30.3 Å². The van der Waals surface area contributed by atoms with Gasteiger partial charge in [-0.05, 0) is 37.1 Å². The Morgan fingerprint density at radius 1 is 0.969 bits per heavy atom. The number of para-hydroxylation sites is 1. The average molecular weight is 438 g/mol. The number of hydrogen-bond acceptors (Lipinski definition) is 8. The van der Waals surface area contributed by atoms with Crippen LogP contribution in [0.3, 0.4) is 0 Å². The van der Waals surface area contributed by atoms with Crippen molar-refractivity contribution in [3.05, 3.63) is 53.7 Å². The van der Waals surface area contributed by atoms with Crippen molar-refractivity contribution in [2.45, 2.75) is 18.9 Å². The van der Waals surface area contributed by atoms with Crippen LogP contribution in [0.25, 0.3) is 5.69 Å². The summed E-state index contributed by atoms with van der Waals surface area (Å²) >= 11 is 0. The number of hydrogen-bond donors (Lipinski definition) is 1. The normalized spacial score (nSPS) is 14.3. The Balaban J connectivity index is 1.79. The summed E-state index contributed by atoms with van der Waals surface area (Å²) in [6.45, 7) is 1.42. The Labute approximate surface area is 186 Å². The van der Waals surface area contributed by atoms with Gasteiger partial charge < -0.3 is 24.8 Å². The summed E-state index contributed by atoms with van der Waals surface area (Å²) in [4.78, 5) is 17.2. The smallest absolute Gasteiger partial charge is 0.217 e. The molecular formula is C23H27N5O4. The molecule has 2 N–H and O–H groups in total. The maximum atomic E-state index is 13.6. The molecule has 3 aromatic rings. The Morgan fingerprint density at radius 2 is 1.59 bits per heavy atom. The van der Waals surface area contributed by atoms with Crippen molar-refractivity contribution in [1.29, 1.82) is 0 Å². The number of ether oxygens (including phenoxy) is 3. The molecule has 1 aromatic heterocycles. The first-order valence-corrected chi connectivity index (χ1v) is 10.4. The third-order valence-electron chi connectivity index (χ3n) is 5.56. The maximum absolute atomic E-state index is 13.6. The summed E-state index contributed by atoms with van der Waals surface area (Å²) in [6.07, 6.45) is 1.66. The molecule has 0 aliphatic carbocycles. The summed E-state index contributed by atoms with van der Waals surface area (Å²) in [7, 11) is 4.55. The van der Waals surface area contributed by atoms with Gasteiger partial charge in [0, 0.05) is 24.7 Å². The first kappa shape index (κ1) is 21.6. The minimum absolute atomic E-state index is 0.157. The molecule has 1 fully saturated rings. The number of carbonyl (C=O) groups is 1. The van der Waals surface area contributed by atoms with E-state index >= 15 is 0 Å². The zero-order chi connectivity index (χ0) is 22.7. The van der Waals surface area contributed by atoms with Crippen molar-refractivity contribution in [3.63, 3.8) is 0 Å². The second-order valence-electron chi connectivity index (χ2n) is 7.56. The molecule has 0 amide bonds. The van der Waals surface area contributed by atoms with Crippen LogP contribution in [-0.2, 0) is 0 Å². The van der Waals surface area contributed by atoms with E-state index in [0.29, 0.717) is 41.7 Å². The molecule has 1 aliphatic heterocycles. The highest BCUT2D eigenvalue weighted by atomic mass is 16.5. The summed E-state index contributed by atoms with van der Waals surface area (Å²) in [6, 6.07) is 12.9. The minimum atomic E-state index is -0.281.